The van der Waals surface area contributed by atoms with Crippen LogP contribution in [0.25, 0.3) is 87.6 Å². The molecule has 0 aliphatic rings. The molecule has 1 heteroatoms. The van der Waals surface area contributed by atoms with E-state index < -0.39 is 78.6 Å². The van der Waals surface area contributed by atoms with Crippen molar-refractivity contribution < 1.29 is 22.2 Å². The molecule has 9 aromatic rings. The zero-order valence-electron chi connectivity index (χ0n) is 35.4. The quantitative estimate of drug-likeness (QED) is 0.196. The number of hydrogen-bond donors (Lipinski definition) is 0. The van der Waals surface area contributed by atoms with Crippen LogP contribution in [0.2, 0.25) is 0 Å². The summed E-state index contributed by atoms with van der Waals surface area (Å²) < 4.78 is 123. The van der Waals surface area contributed by atoms with Gasteiger partial charge in [-0.05, 0) is 60.6 Å². The maximum atomic E-state index is 9.52. The Balaban J connectivity index is 1.64. The van der Waals surface area contributed by atoms with Crippen LogP contribution in [0.5, 0.6) is 0 Å². The van der Waals surface area contributed by atoms with Crippen LogP contribution in [0, 0.1) is 0 Å². The van der Waals surface area contributed by atoms with Crippen LogP contribution in [-0.4, -0.2) is 0 Å². The Bertz CT molecular complexity index is 3130. The first kappa shape index (κ1) is 14.5. The summed E-state index contributed by atoms with van der Waals surface area (Å²) in [5, 5.41) is 2.28. The van der Waals surface area contributed by atoms with Crippen molar-refractivity contribution in [1.29, 1.82) is 0 Å². The molecule has 0 atom stereocenters. The van der Waals surface area contributed by atoms with Gasteiger partial charge in [0.2, 0.25) is 0 Å². The third kappa shape index (κ3) is 3.58. The molecule has 1 aromatic heterocycles. The van der Waals surface area contributed by atoms with E-state index in [9.17, 15) is 5.48 Å². The second-order valence-electron chi connectivity index (χ2n) is 10.2. The Morgan fingerprint density at radius 1 is 0.395 bits per heavy atom. The van der Waals surface area contributed by atoms with E-state index in [4.69, 9.17) is 16.8 Å². The first-order chi connectivity index (χ1) is 26.8. The number of rotatable bonds is 3. The fourth-order valence-corrected chi connectivity index (χ4v) is 6.22. The second kappa shape index (κ2) is 9.44. The predicted molar refractivity (Wildman–Crippen MR) is 183 cm³/mol. The van der Waals surface area contributed by atoms with Crippen molar-refractivity contribution in [3.8, 4) is 33.4 Å². The lowest BCUT2D eigenvalue weighted by molar-refractivity contribution is 0.670. The summed E-state index contributed by atoms with van der Waals surface area (Å²) in [6.45, 7) is 0. The van der Waals surface area contributed by atoms with E-state index in [0.29, 0.717) is 32.9 Å². The summed E-state index contributed by atoms with van der Waals surface area (Å²) in [5.41, 5.74) is 1.40. The average Bonchev–Trinajstić information content (AvgIpc) is 3.60. The van der Waals surface area contributed by atoms with Crippen LogP contribution in [0.4, 0.5) is 0 Å². The Hall–Kier alpha value is -5.66. The van der Waals surface area contributed by atoms with Gasteiger partial charge in [-0.25, -0.2) is 0 Å². The molecule has 1 nitrogen and oxygen atoms in total. The maximum Gasteiger partial charge on any atom is 0.143 e. The minimum Gasteiger partial charge on any atom is -0.455 e. The molecule has 43 heavy (non-hydrogen) atoms. The highest BCUT2D eigenvalue weighted by Gasteiger charge is 2.22. The molecule has 0 fully saturated rings. The van der Waals surface area contributed by atoms with Gasteiger partial charge in [-0.15, -0.1) is 0 Å². The highest BCUT2D eigenvalue weighted by atomic mass is 16.3. The van der Waals surface area contributed by atoms with Gasteiger partial charge in [0.15, 0.2) is 0 Å². The largest absolute Gasteiger partial charge is 0.455 e. The molecule has 0 aliphatic carbocycles. The SMILES string of the molecule is [2H]c1c([2H])c([2H])c(-c2ccc3ccccc3c2-c2c3c([2H])c([2H])c([2H])c([2H])c3c(-c3cccc4c3oc3ccccc34)c3c([2H])c([2H])c([2H])c([2H])c23)c([2H])c1[2H]. The van der Waals surface area contributed by atoms with Crippen LogP contribution >= 0.6 is 0 Å². The number of furan rings is 1. The van der Waals surface area contributed by atoms with E-state index in [1.807, 2.05) is 24.3 Å². The van der Waals surface area contributed by atoms with Gasteiger partial charge in [0.1, 0.15) is 11.2 Å². The van der Waals surface area contributed by atoms with Crippen molar-refractivity contribution in [1.82, 2.24) is 0 Å². The highest BCUT2D eigenvalue weighted by molar-refractivity contribution is 6.27. The van der Waals surface area contributed by atoms with E-state index in [1.165, 1.54) is 0 Å². The first-order valence-corrected chi connectivity index (χ1v) is 13.7. The van der Waals surface area contributed by atoms with Crippen LogP contribution in [0.3, 0.4) is 0 Å². The molecule has 0 aliphatic heterocycles. The van der Waals surface area contributed by atoms with E-state index in [-0.39, 0.29) is 49.4 Å². The Morgan fingerprint density at radius 2 is 1.00 bits per heavy atom. The number of fused-ring (bicyclic) bond motifs is 6. The minimum atomic E-state index is -0.602. The van der Waals surface area contributed by atoms with Gasteiger partial charge in [-0.3, -0.25) is 0 Å². The molecule has 0 saturated carbocycles. The molecule has 9 rings (SSSR count). The molecule has 8 aromatic carbocycles. The minimum absolute atomic E-state index is 0.00635. The topological polar surface area (TPSA) is 13.1 Å². The zero-order chi connectivity index (χ0) is 39.6. The predicted octanol–water partition coefficient (Wildman–Crippen LogP) is 12.0. The summed E-state index contributed by atoms with van der Waals surface area (Å²) in [6.07, 6.45) is 0. The van der Waals surface area contributed by atoms with E-state index in [0.717, 1.165) is 5.39 Å². The van der Waals surface area contributed by atoms with Gasteiger partial charge < -0.3 is 4.42 Å². The van der Waals surface area contributed by atoms with Gasteiger partial charge in [0.25, 0.3) is 0 Å². The van der Waals surface area contributed by atoms with Crippen LogP contribution in [0.15, 0.2) is 162 Å². The second-order valence-corrected chi connectivity index (χ2v) is 10.2. The normalized spacial score (nSPS) is 16.0. The molecule has 0 radical (unpaired) electrons. The molecule has 0 bridgehead atoms. The lowest BCUT2D eigenvalue weighted by Crippen LogP contribution is -1.94. The molecule has 0 unspecified atom stereocenters. The van der Waals surface area contributed by atoms with Crippen molar-refractivity contribution in [3.05, 3.63) is 157 Å². The Kier molecular flexibility index (Phi) is 3.18. The van der Waals surface area contributed by atoms with Gasteiger partial charge in [-0.1, -0.05) is 151 Å². The van der Waals surface area contributed by atoms with Crippen molar-refractivity contribution in [2.75, 3.05) is 0 Å². The van der Waals surface area contributed by atoms with Crippen LogP contribution < -0.4 is 0 Å². The fraction of sp³-hybridized carbons (Fsp3) is 0. The third-order valence-electron chi connectivity index (χ3n) is 8.00. The summed E-state index contributed by atoms with van der Waals surface area (Å²) >= 11 is 0. The van der Waals surface area contributed by atoms with E-state index >= 15 is 0 Å². The first-order valence-electron chi connectivity index (χ1n) is 20.2. The van der Waals surface area contributed by atoms with Crippen LogP contribution in [0.1, 0.15) is 17.8 Å². The van der Waals surface area contributed by atoms with Gasteiger partial charge >= 0.3 is 0 Å². The fourth-order valence-electron chi connectivity index (χ4n) is 6.22. The van der Waals surface area contributed by atoms with Gasteiger partial charge in [-0.2, -0.15) is 0 Å². The van der Waals surface area contributed by atoms with Gasteiger partial charge in [0.05, 0.1) is 17.8 Å². The van der Waals surface area contributed by atoms with Crippen molar-refractivity contribution in [2.24, 2.45) is 0 Å². The average molecular weight is 560 g/mol. The van der Waals surface area contributed by atoms with Crippen molar-refractivity contribution in [2.45, 2.75) is 0 Å². The Labute approximate surface area is 267 Å². The van der Waals surface area contributed by atoms with E-state index in [2.05, 4.69) is 0 Å². The molecule has 0 saturated heterocycles. The molecule has 1 heterocycles. The summed E-state index contributed by atoms with van der Waals surface area (Å²) in [5.74, 6) is 0. The lowest BCUT2D eigenvalue weighted by atomic mass is 9.82. The molecular weight excluding hydrogens is 520 g/mol. The molecule has 0 amide bonds. The Morgan fingerprint density at radius 3 is 1.74 bits per heavy atom. The third-order valence-corrected chi connectivity index (χ3v) is 8.00. The summed E-state index contributed by atoms with van der Waals surface area (Å²) in [6, 6.07) is 15.8. The maximum absolute atomic E-state index is 9.52. The summed E-state index contributed by atoms with van der Waals surface area (Å²) in [4.78, 5) is 0. The molecule has 0 spiro atoms. The zero-order valence-corrected chi connectivity index (χ0v) is 22.4. The molecular formula is C42H26O. The number of hydrogen-bond acceptors (Lipinski definition) is 1. The highest BCUT2D eigenvalue weighted by Crippen LogP contribution is 2.49. The molecule has 0 N–H and O–H groups in total. The molecule has 200 valence electrons. The van der Waals surface area contributed by atoms with Crippen LogP contribution in [-0.2, 0) is 0 Å². The number of benzene rings is 8. The number of para-hydroxylation sites is 2. The standard InChI is InChI=1S/C42H26O/c1-2-13-27(14-3-1)30-26-25-28-15-4-5-16-29(28)40(30)41-34-20-8-6-18-32(34)39(33-19-7-9-21-35(33)41)37-23-12-22-36-31-17-10-11-24-38(31)43-42(36)37/h1-26H/i1D,2D,3D,6D,7D,8D,9D,13D,14D,18D,19D,20D,21D. The van der Waals surface area contributed by atoms with E-state index in [1.54, 1.807) is 54.6 Å². The van der Waals surface area contributed by atoms with Crippen molar-refractivity contribution >= 4 is 54.3 Å². The smallest absolute Gasteiger partial charge is 0.143 e. The van der Waals surface area contributed by atoms with Crippen molar-refractivity contribution in [3.63, 3.8) is 0 Å². The van der Waals surface area contributed by atoms with Gasteiger partial charge in [0, 0.05) is 21.9 Å². The lowest BCUT2D eigenvalue weighted by Gasteiger charge is -2.21. The monoisotopic (exact) mass is 559 g/mol. The summed E-state index contributed by atoms with van der Waals surface area (Å²) in [7, 11) is 0.